The summed E-state index contributed by atoms with van der Waals surface area (Å²) in [5.74, 6) is -0.380. The molecule has 3 N–H and O–H groups in total. The number of aromatic nitrogens is 1. The van der Waals surface area contributed by atoms with Crippen LogP contribution in [0.25, 0.3) is 0 Å². The van der Waals surface area contributed by atoms with Gasteiger partial charge in [0, 0.05) is 18.9 Å². The van der Waals surface area contributed by atoms with Gasteiger partial charge in [-0.1, -0.05) is 0 Å². The number of rotatable bonds is 4. The van der Waals surface area contributed by atoms with E-state index in [2.05, 4.69) is 10.3 Å². The number of pyridine rings is 1. The average molecular weight is 262 g/mol. The maximum absolute atomic E-state index is 12.1. The highest BCUT2D eigenvalue weighted by atomic mass is 16.2. The molecule has 1 fully saturated rings. The molecular formula is C13H18N4O2. The highest BCUT2D eigenvalue weighted by molar-refractivity contribution is 5.85. The Morgan fingerprint density at radius 2 is 2.16 bits per heavy atom. The van der Waals surface area contributed by atoms with E-state index in [1.54, 1.807) is 12.4 Å². The third-order valence-electron chi connectivity index (χ3n) is 3.29. The monoisotopic (exact) mass is 262 g/mol. The molecule has 0 aliphatic carbocycles. The summed E-state index contributed by atoms with van der Waals surface area (Å²) in [5.41, 5.74) is 6.28. The Morgan fingerprint density at radius 3 is 2.84 bits per heavy atom. The summed E-state index contributed by atoms with van der Waals surface area (Å²) in [6.07, 6.45) is 5.38. The molecule has 19 heavy (non-hydrogen) atoms. The fraction of sp³-hybridized carbons (Fsp3) is 0.462. The van der Waals surface area contributed by atoms with Gasteiger partial charge in [-0.15, -0.1) is 0 Å². The minimum Gasteiger partial charge on any atom is -0.346 e. The fourth-order valence-electron chi connectivity index (χ4n) is 2.35. The van der Waals surface area contributed by atoms with Gasteiger partial charge >= 0.3 is 0 Å². The maximum Gasteiger partial charge on any atom is 0.242 e. The van der Waals surface area contributed by atoms with Gasteiger partial charge in [0.2, 0.25) is 11.8 Å². The van der Waals surface area contributed by atoms with Crippen LogP contribution in [0.2, 0.25) is 0 Å². The van der Waals surface area contributed by atoms with Gasteiger partial charge in [0.25, 0.3) is 0 Å². The van der Waals surface area contributed by atoms with Crippen LogP contribution >= 0.6 is 0 Å². The van der Waals surface area contributed by atoms with Gasteiger partial charge in [0.1, 0.15) is 0 Å². The lowest BCUT2D eigenvalue weighted by Gasteiger charge is -2.25. The zero-order chi connectivity index (χ0) is 13.7. The van der Waals surface area contributed by atoms with Crippen molar-refractivity contribution < 1.29 is 9.59 Å². The second-order valence-corrected chi connectivity index (χ2v) is 4.51. The molecule has 1 aromatic rings. The molecular weight excluding hydrogens is 244 g/mol. The van der Waals surface area contributed by atoms with Crippen LogP contribution in [-0.4, -0.2) is 41.3 Å². The summed E-state index contributed by atoms with van der Waals surface area (Å²) >= 11 is 0. The molecule has 0 bridgehead atoms. The Bertz CT molecular complexity index is 449. The van der Waals surface area contributed by atoms with Crippen LogP contribution in [0.1, 0.15) is 24.4 Å². The Balaban J connectivity index is 1.99. The van der Waals surface area contributed by atoms with E-state index in [9.17, 15) is 9.59 Å². The lowest BCUT2D eigenvalue weighted by molar-refractivity contribution is -0.133. The van der Waals surface area contributed by atoms with E-state index >= 15 is 0 Å². The van der Waals surface area contributed by atoms with Crippen LogP contribution < -0.4 is 11.1 Å². The van der Waals surface area contributed by atoms with Gasteiger partial charge in [-0.2, -0.15) is 0 Å². The average Bonchev–Trinajstić information content (AvgIpc) is 2.94. The Morgan fingerprint density at radius 1 is 1.42 bits per heavy atom. The fourth-order valence-corrected chi connectivity index (χ4v) is 2.35. The quantitative estimate of drug-likeness (QED) is 0.788. The molecule has 6 nitrogen and oxygen atoms in total. The first-order valence-corrected chi connectivity index (χ1v) is 6.38. The lowest BCUT2D eigenvalue weighted by Crippen LogP contribution is -2.41. The van der Waals surface area contributed by atoms with Gasteiger partial charge in [-0.25, -0.2) is 0 Å². The van der Waals surface area contributed by atoms with Crippen LogP contribution in [0.3, 0.4) is 0 Å². The molecule has 1 unspecified atom stereocenters. The van der Waals surface area contributed by atoms with Crippen molar-refractivity contribution in [3.8, 4) is 0 Å². The number of nitrogens with zero attached hydrogens (tertiary/aromatic N) is 2. The molecule has 2 heterocycles. The molecule has 1 aliphatic rings. The predicted octanol–water partition coefficient (Wildman–Crippen LogP) is -0.180. The van der Waals surface area contributed by atoms with E-state index in [1.807, 2.05) is 17.0 Å². The first kappa shape index (κ1) is 13.5. The SMILES string of the molecule is NCC(=O)NCC(=O)N1CCCC1c1ccncc1. The van der Waals surface area contributed by atoms with Crippen molar-refractivity contribution in [1.82, 2.24) is 15.2 Å². The molecule has 0 spiro atoms. The zero-order valence-corrected chi connectivity index (χ0v) is 10.7. The molecule has 102 valence electrons. The van der Waals surface area contributed by atoms with Gasteiger partial charge in [-0.05, 0) is 30.5 Å². The Hall–Kier alpha value is -1.95. The lowest BCUT2D eigenvalue weighted by atomic mass is 10.1. The molecule has 1 saturated heterocycles. The van der Waals surface area contributed by atoms with E-state index in [1.165, 1.54) is 0 Å². The summed E-state index contributed by atoms with van der Waals surface area (Å²) in [4.78, 5) is 29.0. The number of likely N-dealkylation sites (tertiary alicyclic amines) is 1. The van der Waals surface area contributed by atoms with E-state index in [0.29, 0.717) is 0 Å². The van der Waals surface area contributed by atoms with Crippen LogP contribution in [0.4, 0.5) is 0 Å². The van der Waals surface area contributed by atoms with Crippen molar-refractivity contribution in [1.29, 1.82) is 0 Å². The topological polar surface area (TPSA) is 88.3 Å². The summed E-state index contributed by atoms with van der Waals surface area (Å²) < 4.78 is 0. The van der Waals surface area contributed by atoms with E-state index < -0.39 is 0 Å². The molecule has 0 radical (unpaired) electrons. The smallest absolute Gasteiger partial charge is 0.242 e. The number of hydrogen-bond donors (Lipinski definition) is 2. The van der Waals surface area contributed by atoms with E-state index in [-0.39, 0.29) is 30.9 Å². The number of carbonyl (C=O) groups is 2. The van der Waals surface area contributed by atoms with Gasteiger partial charge in [0.05, 0.1) is 19.1 Å². The molecule has 0 aromatic carbocycles. The summed E-state index contributed by atoms with van der Waals surface area (Å²) in [7, 11) is 0. The van der Waals surface area contributed by atoms with Crippen LogP contribution in [-0.2, 0) is 9.59 Å². The highest BCUT2D eigenvalue weighted by Gasteiger charge is 2.29. The number of nitrogens with two attached hydrogens (primary N) is 1. The molecule has 2 rings (SSSR count). The summed E-state index contributed by atoms with van der Waals surface area (Å²) in [6.45, 7) is 0.642. The van der Waals surface area contributed by atoms with Crippen LogP contribution in [0.15, 0.2) is 24.5 Å². The van der Waals surface area contributed by atoms with Crippen LogP contribution in [0, 0.1) is 0 Å². The minimum atomic E-state index is -0.312. The minimum absolute atomic E-state index is 0.0115. The molecule has 2 amide bonds. The van der Waals surface area contributed by atoms with Crippen LogP contribution in [0.5, 0.6) is 0 Å². The van der Waals surface area contributed by atoms with Crippen molar-refractivity contribution in [2.75, 3.05) is 19.6 Å². The summed E-state index contributed by atoms with van der Waals surface area (Å²) in [6, 6.07) is 3.94. The van der Waals surface area contributed by atoms with Gasteiger partial charge in [0.15, 0.2) is 0 Å². The number of hydrogen-bond acceptors (Lipinski definition) is 4. The second kappa shape index (κ2) is 6.29. The molecule has 1 aliphatic heterocycles. The Labute approximate surface area is 112 Å². The molecule has 1 atom stereocenters. The maximum atomic E-state index is 12.1. The van der Waals surface area contributed by atoms with E-state index in [4.69, 9.17) is 5.73 Å². The zero-order valence-electron chi connectivity index (χ0n) is 10.7. The third-order valence-corrected chi connectivity index (χ3v) is 3.29. The first-order valence-electron chi connectivity index (χ1n) is 6.38. The standard InChI is InChI=1S/C13H18N4O2/c14-8-12(18)16-9-13(19)17-7-1-2-11(17)10-3-5-15-6-4-10/h3-6,11H,1-2,7-9,14H2,(H,16,18). The molecule has 6 heteroatoms. The molecule has 1 aromatic heterocycles. The van der Waals surface area contributed by atoms with Gasteiger partial charge in [-0.3, -0.25) is 14.6 Å². The van der Waals surface area contributed by atoms with Gasteiger partial charge < -0.3 is 16.0 Å². The highest BCUT2D eigenvalue weighted by Crippen LogP contribution is 2.31. The largest absolute Gasteiger partial charge is 0.346 e. The summed E-state index contributed by atoms with van der Waals surface area (Å²) in [5, 5.41) is 2.51. The second-order valence-electron chi connectivity index (χ2n) is 4.51. The Kier molecular flexibility index (Phi) is 4.46. The number of nitrogens with one attached hydrogen (secondary N) is 1. The molecule has 0 saturated carbocycles. The number of carbonyl (C=O) groups excluding carboxylic acids is 2. The van der Waals surface area contributed by atoms with Crippen molar-refractivity contribution in [2.45, 2.75) is 18.9 Å². The predicted molar refractivity (Wildman–Crippen MR) is 70.0 cm³/mol. The first-order chi connectivity index (χ1) is 9.22. The van der Waals surface area contributed by atoms with Crippen molar-refractivity contribution in [3.63, 3.8) is 0 Å². The normalized spacial score (nSPS) is 18.4. The van der Waals surface area contributed by atoms with Crippen molar-refractivity contribution in [3.05, 3.63) is 30.1 Å². The van der Waals surface area contributed by atoms with E-state index in [0.717, 1.165) is 24.9 Å². The van der Waals surface area contributed by atoms with Crippen molar-refractivity contribution in [2.24, 2.45) is 5.73 Å². The third kappa shape index (κ3) is 3.29. The van der Waals surface area contributed by atoms with Crippen molar-refractivity contribution >= 4 is 11.8 Å². The number of amides is 2.